The van der Waals surface area contributed by atoms with E-state index in [1.54, 1.807) is 4.90 Å². The van der Waals surface area contributed by atoms with Crippen molar-refractivity contribution >= 4 is 11.9 Å². The van der Waals surface area contributed by atoms with Gasteiger partial charge in [0.2, 0.25) is 5.91 Å². The van der Waals surface area contributed by atoms with Crippen molar-refractivity contribution in [1.29, 1.82) is 0 Å². The normalized spacial score (nSPS) is 29.5. The van der Waals surface area contributed by atoms with Crippen LogP contribution in [0, 0.1) is 11.8 Å². The summed E-state index contributed by atoms with van der Waals surface area (Å²) in [6, 6.07) is -0.0437. The Morgan fingerprint density at radius 3 is 2.74 bits per heavy atom. The van der Waals surface area contributed by atoms with E-state index < -0.39 is 5.97 Å². The number of aliphatic carboxylic acids is 1. The third-order valence-corrected chi connectivity index (χ3v) is 4.49. The molecule has 3 atom stereocenters. The van der Waals surface area contributed by atoms with Crippen molar-refractivity contribution in [2.75, 3.05) is 13.1 Å². The molecule has 0 radical (unpaired) electrons. The number of nitrogens with zero attached hydrogens (tertiary/aromatic N) is 1. The highest BCUT2D eigenvalue weighted by atomic mass is 16.4. The molecule has 0 aromatic heterocycles. The van der Waals surface area contributed by atoms with Gasteiger partial charge in [0, 0.05) is 12.6 Å². The number of nitrogens with one attached hydrogen (secondary N) is 1. The van der Waals surface area contributed by atoms with Crippen molar-refractivity contribution in [2.45, 2.75) is 51.6 Å². The second kappa shape index (κ2) is 5.90. The molecule has 1 heterocycles. The predicted octanol–water partition coefficient (Wildman–Crippen LogP) is 1.09. The lowest BCUT2D eigenvalue weighted by Gasteiger charge is -2.31. The number of fused-ring (bicyclic) bond motifs is 1. The SMILES string of the molecule is CC(C)N(CCC(=O)O)C(=O)C1NCC2CCCC21. The predicted molar refractivity (Wildman–Crippen MR) is 71.7 cm³/mol. The highest BCUT2D eigenvalue weighted by molar-refractivity contribution is 5.83. The first-order valence-corrected chi connectivity index (χ1v) is 7.26. The van der Waals surface area contributed by atoms with E-state index in [-0.39, 0.29) is 24.4 Å². The summed E-state index contributed by atoms with van der Waals surface area (Å²) < 4.78 is 0. The zero-order valence-electron chi connectivity index (χ0n) is 11.8. The van der Waals surface area contributed by atoms with Gasteiger partial charge in [0.05, 0.1) is 12.5 Å². The third kappa shape index (κ3) is 3.08. The summed E-state index contributed by atoms with van der Waals surface area (Å²) in [7, 11) is 0. The highest BCUT2D eigenvalue weighted by Gasteiger charge is 2.44. The average molecular weight is 268 g/mol. The van der Waals surface area contributed by atoms with Crippen LogP contribution in [0.3, 0.4) is 0 Å². The largest absolute Gasteiger partial charge is 0.481 e. The Balaban J connectivity index is 2.00. The standard InChI is InChI=1S/C14H24N2O3/c1-9(2)16(7-6-12(17)18)14(19)13-11-5-3-4-10(11)8-15-13/h9-11,13,15H,3-8H2,1-2H3,(H,17,18). The Hall–Kier alpha value is -1.10. The summed E-state index contributed by atoms with van der Waals surface area (Å²) in [5.41, 5.74) is 0. The lowest BCUT2D eigenvalue weighted by molar-refractivity contribution is -0.140. The number of carbonyl (C=O) groups is 2. The molecule has 1 aliphatic carbocycles. The zero-order valence-corrected chi connectivity index (χ0v) is 11.8. The number of amides is 1. The van der Waals surface area contributed by atoms with E-state index in [1.807, 2.05) is 13.8 Å². The summed E-state index contributed by atoms with van der Waals surface area (Å²) in [4.78, 5) is 25.0. The first-order valence-electron chi connectivity index (χ1n) is 7.26. The maximum absolute atomic E-state index is 12.6. The summed E-state index contributed by atoms with van der Waals surface area (Å²) in [5, 5.41) is 12.1. The molecule has 3 unspecified atom stereocenters. The van der Waals surface area contributed by atoms with Crippen molar-refractivity contribution < 1.29 is 14.7 Å². The fourth-order valence-electron chi connectivity index (χ4n) is 3.48. The topological polar surface area (TPSA) is 69.6 Å². The monoisotopic (exact) mass is 268 g/mol. The van der Waals surface area contributed by atoms with Crippen molar-refractivity contribution in [3.05, 3.63) is 0 Å². The molecule has 0 spiro atoms. The molecule has 2 aliphatic rings. The van der Waals surface area contributed by atoms with Gasteiger partial charge >= 0.3 is 5.97 Å². The molecule has 2 N–H and O–H groups in total. The van der Waals surface area contributed by atoms with Gasteiger partial charge in [-0.1, -0.05) is 6.42 Å². The van der Waals surface area contributed by atoms with Crippen LogP contribution in [0.25, 0.3) is 0 Å². The Morgan fingerprint density at radius 2 is 2.11 bits per heavy atom. The van der Waals surface area contributed by atoms with Gasteiger partial charge in [0.1, 0.15) is 0 Å². The molecule has 1 saturated heterocycles. The summed E-state index contributed by atoms with van der Waals surface area (Å²) in [5.74, 6) is 0.336. The zero-order chi connectivity index (χ0) is 14.0. The van der Waals surface area contributed by atoms with Crippen LogP contribution in [0.4, 0.5) is 0 Å². The maximum atomic E-state index is 12.6. The molecule has 1 aliphatic heterocycles. The van der Waals surface area contributed by atoms with E-state index in [4.69, 9.17) is 5.11 Å². The molecule has 1 amide bonds. The molecular formula is C14H24N2O3. The highest BCUT2D eigenvalue weighted by Crippen LogP contribution is 2.38. The second-order valence-electron chi connectivity index (χ2n) is 6.01. The Labute approximate surface area is 114 Å². The van der Waals surface area contributed by atoms with Gasteiger partial charge in [-0.2, -0.15) is 0 Å². The molecule has 5 nitrogen and oxygen atoms in total. The van der Waals surface area contributed by atoms with Gasteiger partial charge in [-0.25, -0.2) is 0 Å². The first kappa shape index (κ1) is 14.3. The van der Waals surface area contributed by atoms with E-state index in [2.05, 4.69) is 5.32 Å². The van der Waals surface area contributed by atoms with Crippen LogP contribution in [0.5, 0.6) is 0 Å². The molecule has 19 heavy (non-hydrogen) atoms. The minimum atomic E-state index is -0.850. The minimum Gasteiger partial charge on any atom is -0.481 e. The fraction of sp³-hybridized carbons (Fsp3) is 0.857. The Morgan fingerprint density at radius 1 is 1.37 bits per heavy atom. The van der Waals surface area contributed by atoms with E-state index in [9.17, 15) is 9.59 Å². The van der Waals surface area contributed by atoms with Crippen molar-refractivity contribution in [3.8, 4) is 0 Å². The van der Waals surface area contributed by atoms with E-state index in [0.717, 1.165) is 13.0 Å². The Kier molecular flexibility index (Phi) is 4.45. The summed E-state index contributed by atoms with van der Waals surface area (Å²) in [6.07, 6.45) is 3.58. The number of hydrogen-bond donors (Lipinski definition) is 2. The van der Waals surface area contributed by atoms with Gasteiger partial charge in [-0.15, -0.1) is 0 Å². The van der Waals surface area contributed by atoms with Gasteiger partial charge in [-0.3, -0.25) is 9.59 Å². The maximum Gasteiger partial charge on any atom is 0.305 e. The van der Waals surface area contributed by atoms with Crippen LogP contribution in [-0.2, 0) is 9.59 Å². The van der Waals surface area contributed by atoms with E-state index in [0.29, 0.717) is 18.4 Å². The van der Waals surface area contributed by atoms with Crippen molar-refractivity contribution in [2.24, 2.45) is 11.8 Å². The molecule has 0 aromatic rings. The van der Waals surface area contributed by atoms with Gasteiger partial charge in [-0.05, 0) is 45.1 Å². The second-order valence-corrected chi connectivity index (χ2v) is 6.01. The quantitative estimate of drug-likeness (QED) is 0.783. The number of carbonyl (C=O) groups excluding carboxylic acids is 1. The lowest BCUT2D eigenvalue weighted by atomic mass is 9.93. The molecule has 0 bridgehead atoms. The summed E-state index contributed by atoms with van der Waals surface area (Å²) >= 11 is 0. The lowest BCUT2D eigenvalue weighted by Crippen LogP contribution is -2.49. The first-order chi connectivity index (χ1) is 9.00. The smallest absolute Gasteiger partial charge is 0.305 e. The molecule has 1 saturated carbocycles. The number of hydrogen-bond acceptors (Lipinski definition) is 3. The molecule has 5 heteroatoms. The van der Waals surface area contributed by atoms with E-state index in [1.165, 1.54) is 12.8 Å². The molecule has 2 fully saturated rings. The Bertz CT molecular complexity index is 357. The van der Waals surface area contributed by atoms with E-state index >= 15 is 0 Å². The number of carboxylic acid groups (broad SMARTS) is 1. The van der Waals surface area contributed by atoms with Crippen molar-refractivity contribution in [1.82, 2.24) is 10.2 Å². The molecular weight excluding hydrogens is 244 g/mol. The number of rotatable bonds is 5. The average Bonchev–Trinajstić information content (AvgIpc) is 2.89. The fourth-order valence-corrected chi connectivity index (χ4v) is 3.48. The third-order valence-electron chi connectivity index (χ3n) is 4.49. The molecule has 0 aromatic carbocycles. The van der Waals surface area contributed by atoms with Crippen LogP contribution in [0.2, 0.25) is 0 Å². The summed E-state index contributed by atoms with van der Waals surface area (Å²) in [6.45, 7) is 5.13. The van der Waals surface area contributed by atoms with Crippen LogP contribution < -0.4 is 5.32 Å². The minimum absolute atomic E-state index is 0.0186. The van der Waals surface area contributed by atoms with Gasteiger partial charge in [0.15, 0.2) is 0 Å². The van der Waals surface area contributed by atoms with Crippen LogP contribution in [-0.4, -0.2) is 47.1 Å². The van der Waals surface area contributed by atoms with Gasteiger partial charge < -0.3 is 15.3 Å². The van der Waals surface area contributed by atoms with Crippen LogP contribution in [0.1, 0.15) is 39.5 Å². The van der Waals surface area contributed by atoms with Crippen LogP contribution in [0.15, 0.2) is 0 Å². The molecule has 2 rings (SSSR count). The molecule has 108 valence electrons. The van der Waals surface area contributed by atoms with Crippen LogP contribution >= 0.6 is 0 Å². The van der Waals surface area contributed by atoms with Crippen molar-refractivity contribution in [3.63, 3.8) is 0 Å². The van der Waals surface area contributed by atoms with Gasteiger partial charge in [0.25, 0.3) is 0 Å². The number of carboxylic acids is 1.